The minimum atomic E-state index is 0. The molecule has 0 aromatic rings. The minimum absolute atomic E-state index is 0. The van der Waals surface area contributed by atoms with Gasteiger partial charge in [0, 0.05) is 13.0 Å². The van der Waals surface area contributed by atoms with Gasteiger partial charge in [-0.15, -0.1) is 12.4 Å². The maximum Gasteiger partial charge on any atom is 0.220 e. The predicted molar refractivity (Wildman–Crippen MR) is 77.0 cm³/mol. The molecule has 0 aromatic carbocycles. The van der Waals surface area contributed by atoms with Gasteiger partial charge in [0.05, 0.1) is 0 Å². The average molecular weight is 275 g/mol. The third-order valence-corrected chi connectivity index (χ3v) is 4.27. The SMILES string of the molecule is CC(CC(=O)NCCC1CC1)C1CCNCC1.Cl. The second kappa shape index (κ2) is 8.00. The number of nitrogens with one attached hydrogen (secondary N) is 2. The van der Waals surface area contributed by atoms with E-state index in [1.54, 1.807) is 0 Å². The largest absolute Gasteiger partial charge is 0.356 e. The second-order valence-corrected chi connectivity index (χ2v) is 5.85. The molecule has 0 bridgehead atoms. The van der Waals surface area contributed by atoms with Crippen LogP contribution in [0.25, 0.3) is 0 Å². The number of carbonyl (C=O) groups is 1. The van der Waals surface area contributed by atoms with Crippen molar-refractivity contribution in [2.75, 3.05) is 19.6 Å². The van der Waals surface area contributed by atoms with Gasteiger partial charge < -0.3 is 10.6 Å². The fourth-order valence-electron chi connectivity index (χ4n) is 2.77. The highest BCUT2D eigenvalue weighted by Gasteiger charge is 2.23. The first-order valence-corrected chi connectivity index (χ1v) is 7.23. The van der Waals surface area contributed by atoms with Crippen LogP contribution in [0.4, 0.5) is 0 Å². The van der Waals surface area contributed by atoms with Gasteiger partial charge in [-0.3, -0.25) is 4.79 Å². The molecule has 1 unspecified atom stereocenters. The van der Waals surface area contributed by atoms with E-state index in [4.69, 9.17) is 0 Å². The maximum absolute atomic E-state index is 11.8. The van der Waals surface area contributed by atoms with Gasteiger partial charge in [-0.2, -0.15) is 0 Å². The fourth-order valence-corrected chi connectivity index (χ4v) is 2.77. The van der Waals surface area contributed by atoms with Crippen molar-refractivity contribution in [2.45, 2.75) is 45.4 Å². The molecular weight excluding hydrogens is 248 g/mol. The summed E-state index contributed by atoms with van der Waals surface area (Å²) < 4.78 is 0. The minimum Gasteiger partial charge on any atom is -0.356 e. The van der Waals surface area contributed by atoms with Crippen LogP contribution in [0.15, 0.2) is 0 Å². The van der Waals surface area contributed by atoms with Gasteiger partial charge in [0.25, 0.3) is 0 Å². The topological polar surface area (TPSA) is 41.1 Å². The summed E-state index contributed by atoms with van der Waals surface area (Å²) in [5.41, 5.74) is 0. The quantitative estimate of drug-likeness (QED) is 0.781. The number of rotatable bonds is 6. The zero-order chi connectivity index (χ0) is 12.1. The zero-order valence-electron chi connectivity index (χ0n) is 11.4. The van der Waals surface area contributed by atoms with Crippen LogP contribution in [0.3, 0.4) is 0 Å². The van der Waals surface area contributed by atoms with Crippen molar-refractivity contribution < 1.29 is 4.79 Å². The monoisotopic (exact) mass is 274 g/mol. The zero-order valence-corrected chi connectivity index (χ0v) is 12.2. The lowest BCUT2D eigenvalue weighted by molar-refractivity contribution is -0.122. The summed E-state index contributed by atoms with van der Waals surface area (Å²) in [5, 5.41) is 6.45. The van der Waals surface area contributed by atoms with Gasteiger partial charge in [-0.05, 0) is 50.1 Å². The fraction of sp³-hybridized carbons (Fsp3) is 0.929. The molecule has 4 heteroatoms. The van der Waals surface area contributed by atoms with Crippen molar-refractivity contribution in [1.82, 2.24) is 10.6 Å². The summed E-state index contributed by atoms with van der Waals surface area (Å²) in [6, 6.07) is 0. The Bertz CT molecular complexity index is 250. The molecule has 106 valence electrons. The Labute approximate surface area is 117 Å². The summed E-state index contributed by atoms with van der Waals surface area (Å²) >= 11 is 0. The lowest BCUT2D eigenvalue weighted by Crippen LogP contribution is -2.33. The summed E-state index contributed by atoms with van der Waals surface area (Å²) in [6.45, 7) is 5.37. The summed E-state index contributed by atoms with van der Waals surface area (Å²) in [6.07, 6.45) is 7.12. The van der Waals surface area contributed by atoms with E-state index in [0.717, 1.165) is 37.9 Å². The van der Waals surface area contributed by atoms with Gasteiger partial charge in [0.2, 0.25) is 5.91 Å². The molecule has 0 radical (unpaired) electrons. The molecule has 1 heterocycles. The van der Waals surface area contributed by atoms with Crippen LogP contribution >= 0.6 is 12.4 Å². The van der Waals surface area contributed by atoms with Gasteiger partial charge >= 0.3 is 0 Å². The Morgan fingerprint density at radius 1 is 1.28 bits per heavy atom. The molecule has 1 aliphatic heterocycles. The molecule has 3 nitrogen and oxygen atoms in total. The summed E-state index contributed by atoms with van der Waals surface area (Å²) in [4.78, 5) is 11.8. The molecule has 0 aromatic heterocycles. The third kappa shape index (κ3) is 5.57. The highest BCUT2D eigenvalue weighted by Crippen LogP contribution is 2.31. The molecule has 1 saturated carbocycles. The highest BCUT2D eigenvalue weighted by molar-refractivity contribution is 5.85. The Balaban J connectivity index is 0.00000162. The van der Waals surface area contributed by atoms with E-state index in [9.17, 15) is 4.79 Å². The summed E-state index contributed by atoms with van der Waals surface area (Å²) in [5.74, 6) is 2.46. The Morgan fingerprint density at radius 3 is 2.56 bits per heavy atom. The van der Waals surface area contributed by atoms with Crippen LogP contribution in [0, 0.1) is 17.8 Å². The number of carbonyl (C=O) groups excluding carboxylic acids is 1. The predicted octanol–water partition coefficient (Wildman–Crippen LogP) is 2.35. The number of piperidine rings is 1. The van der Waals surface area contributed by atoms with Crippen molar-refractivity contribution in [1.29, 1.82) is 0 Å². The first-order chi connectivity index (χ1) is 8.25. The molecule has 2 fully saturated rings. The average Bonchev–Trinajstić information content (AvgIpc) is 3.14. The molecule has 1 amide bonds. The van der Waals surface area contributed by atoms with E-state index in [1.807, 2.05) is 0 Å². The number of hydrogen-bond acceptors (Lipinski definition) is 2. The van der Waals surface area contributed by atoms with Gasteiger partial charge in [0.15, 0.2) is 0 Å². The van der Waals surface area contributed by atoms with Crippen LogP contribution in [0.5, 0.6) is 0 Å². The standard InChI is InChI=1S/C14H26N2O.ClH/c1-11(13-5-7-15-8-6-13)10-14(17)16-9-4-12-2-3-12;/h11-13,15H,2-10H2,1H3,(H,16,17);1H. The van der Waals surface area contributed by atoms with Gasteiger partial charge in [-0.1, -0.05) is 19.8 Å². The van der Waals surface area contributed by atoms with Gasteiger partial charge in [0.1, 0.15) is 0 Å². The van der Waals surface area contributed by atoms with Crippen molar-refractivity contribution >= 4 is 18.3 Å². The normalized spacial score (nSPS) is 22.1. The molecule has 1 aliphatic carbocycles. The smallest absolute Gasteiger partial charge is 0.220 e. The molecular formula is C14H27ClN2O. The Hall–Kier alpha value is -0.280. The van der Waals surface area contributed by atoms with E-state index in [1.165, 1.54) is 32.1 Å². The van der Waals surface area contributed by atoms with Crippen molar-refractivity contribution in [3.63, 3.8) is 0 Å². The lowest BCUT2D eigenvalue weighted by atomic mass is 9.84. The number of hydrogen-bond donors (Lipinski definition) is 2. The Morgan fingerprint density at radius 2 is 1.94 bits per heavy atom. The van der Waals surface area contributed by atoms with Crippen LogP contribution in [0.2, 0.25) is 0 Å². The summed E-state index contributed by atoms with van der Waals surface area (Å²) in [7, 11) is 0. The van der Waals surface area contributed by atoms with Crippen LogP contribution in [0.1, 0.15) is 45.4 Å². The molecule has 1 atom stereocenters. The van der Waals surface area contributed by atoms with Gasteiger partial charge in [-0.25, -0.2) is 0 Å². The lowest BCUT2D eigenvalue weighted by Gasteiger charge is -2.27. The van der Waals surface area contributed by atoms with Crippen LogP contribution in [-0.2, 0) is 4.79 Å². The maximum atomic E-state index is 11.8. The third-order valence-electron chi connectivity index (χ3n) is 4.27. The van der Waals surface area contributed by atoms with Crippen molar-refractivity contribution in [3.8, 4) is 0 Å². The molecule has 2 N–H and O–H groups in total. The van der Waals surface area contributed by atoms with E-state index >= 15 is 0 Å². The number of halogens is 1. The molecule has 1 saturated heterocycles. The highest BCUT2D eigenvalue weighted by atomic mass is 35.5. The van der Waals surface area contributed by atoms with E-state index in [-0.39, 0.29) is 18.3 Å². The Kier molecular flexibility index (Phi) is 7.02. The first-order valence-electron chi connectivity index (χ1n) is 7.23. The molecule has 2 aliphatic rings. The van der Waals surface area contributed by atoms with Crippen molar-refractivity contribution in [2.24, 2.45) is 17.8 Å². The number of amides is 1. The van der Waals surface area contributed by atoms with Crippen LogP contribution in [-0.4, -0.2) is 25.5 Å². The van der Waals surface area contributed by atoms with E-state index < -0.39 is 0 Å². The molecule has 0 spiro atoms. The second-order valence-electron chi connectivity index (χ2n) is 5.85. The van der Waals surface area contributed by atoms with E-state index in [2.05, 4.69) is 17.6 Å². The molecule has 2 rings (SSSR count). The van der Waals surface area contributed by atoms with E-state index in [0.29, 0.717) is 5.92 Å². The molecule has 18 heavy (non-hydrogen) atoms. The first kappa shape index (κ1) is 15.8. The van der Waals surface area contributed by atoms with Crippen molar-refractivity contribution in [3.05, 3.63) is 0 Å². The van der Waals surface area contributed by atoms with Crippen LogP contribution < -0.4 is 10.6 Å².